The summed E-state index contributed by atoms with van der Waals surface area (Å²) in [6.07, 6.45) is 1.60. The maximum absolute atomic E-state index is 12.5. The summed E-state index contributed by atoms with van der Waals surface area (Å²) in [5, 5.41) is 24.3. The number of amides is 1. The molecule has 0 aliphatic heterocycles. The van der Waals surface area contributed by atoms with E-state index < -0.39 is 0 Å². The average Bonchev–Trinajstić information content (AvgIpc) is 3.40. The van der Waals surface area contributed by atoms with Crippen LogP contribution in [-0.2, 0) is 17.8 Å². The van der Waals surface area contributed by atoms with E-state index in [0.717, 1.165) is 46.4 Å². The van der Waals surface area contributed by atoms with Gasteiger partial charge in [-0.15, -0.1) is 21.5 Å². The highest BCUT2D eigenvalue weighted by Gasteiger charge is 2.26. The number of thiophene rings is 1. The molecular formula is C19H20N4O2S2. The average molecular weight is 401 g/mol. The molecular weight excluding hydrogens is 380 g/mol. The van der Waals surface area contributed by atoms with Gasteiger partial charge in [-0.2, -0.15) is 0 Å². The van der Waals surface area contributed by atoms with E-state index in [-0.39, 0.29) is 17.7 Å². The van der Waals surface area contributed by atoms with Gasteiger partial charge in [-0.25, -0.2) is 0 Å². The van der Waals surface area contributed by atoms with E-state index >= 15 is 0 Å². The first-order chi connectivity index (χ1) is 13.2. The second-order valence-electron chi connectivity index (χ2n) is 6.32. The molecule has 0 bridgehead atoms. The number of hydrogen-bond acceptors (Lipinski definition) is 6. The van der Waals surface area contributed by atoms with Gasteiger partial charge in [0, 0.05) is 6.54 Å². The van der Waals surface area contributed by atoms with Gasteiger partial charge in [0.1, 0.15) is 5.75 Å². The van der Waals surface area contributed by atoms with Crippen molar-refractivity contribution in [2.75, 3.05) is 5.75 Å². The molecule has 4 rings (SSSR count). The van der Waals surface area contributed by atoms with Gasteiger partial charge in [0.2, 0.25) is 5.91 Å². The molecule has 0 spiro atoms. The third-order valence-corrected chi connectivity index (χ3v) is 6.52. The van der Waals surface area contributed by atoms with Gasteiger partial charge in [-0.3, -0.25) is 4.79 Å². The third-order valence-electron chi connectivity index (χ3n) is 4.69. The Hall–Kier alpha value is -2.32. The fourth-order valence-corrected chi connectivity index (χ4v) is 4.95. The fourth-order valence-electron chi connectivity index (χ4n) is 3.42. The second-order valence-corrected chi connectivity index (χ2v) is 8.21. The van der Waals surface area contributed by atoms with Gasteiger partial charge < -0.3 is 15.0 Å². The summed E-state index contributed by atoms with van der Waals surface area (Å²) in [6.45, 7) is 2.80. The molecule has 8 heteroatoms. The maximum Gasteiger partial charge on any atom is 0.230 e. The van der Waals surface area contributed by atoms with Gasteiger partial charge in [-0.05, 0) is 48.4 Å². The number of aromatic hydroxyl groups is 1. The number of rotatable bonds is 6. The van der Waals surface area contributed by atoms with E-state index in [2.05, 4.69) is 15.5 Å². The molecule has 2 heterocycles. The molecule has 2 N–H and O–H groups in total. The number of phenolic OH excluding ortho intramolecular Hbond substituents is 1. The number of carbonyl (C=O) groups excluding carboxylic acids is 1. The van der Waals surface area contributed by atoms with Gasteiger partial charge in [-0.1, -0.05) is 30.0 Å². The summed E-state index contributed by atoms with van der Waals surface area (Å²) < 4.78 is 2.03. The molecule has 140 valence electrons. The van der Waals surface area contributed by atoms with Gasteiger partial charge >= 0.3 is 0 Å². The number of aromatic nitrogens is 3. The van der Waals surface area contributed by atoms with Crippen LogP contribution in [0.1, 0.15) is 30.5 Å². The monoisotopic (exact) mass is 400 g/mol. The maximum atomic E-state index is 12.5. The molecule has 0 saturated carbocycles. The van der Waals surface area contributed by atoms with E-state index in [1.165, 1.54) is 11.8 Å². The Balaban J connectivity index is 1.40. The molecule has 27 heavy (non-hydrogen) atoms. The lowest BCUT2D eigenvalue weighted by Gasteiger charge is -2.14. The zero-order valence-corrected chi connectivity index (χ0v) is 16.5. The summed E-state index contributed by atoms with van der Waals surface area (Å²) in [5.74, 6) is 1.41. The SMILES string of the molecule is CCn1c(SCC(=O)NC2CCc3c(O)cccc32)nnc1-c1cccs1. The highest BCUT2D eigenvalue weighted by atomic mass is 32.2. The van der Waals surface area contributed by atoms with Crippen LogP contribution >= 0.6 is 23.1 Å². The van der Waals surface area contributed by atoms with Crippen LogP contribution < -0.4 is 5.32 Å². The molecule has 2 aromatic heterocycles. The minimum absolute atomic E-state index is 0.0362. The van der Waals surface area contributed by atoms with E-state index in [1.54, 1.807) is 17.4 Å². The summed E-state index contributed by atoms with van der Waals surface area (Å²) in [6, 6.07) is 9.47. The first-order valence-electron chi connectivity index (χ1n) is 8.87. The predicted octanol–water partition coefficient (Wildman–Crippen LogP) is 3.63. The number of nitrogens with zero attached hydrogens (tertiary/aromatic N) is 3. The molecule has 0 fully saturated rings. The quantitative estimate of drug-likeness (QED) is 0.618. The molecule has 1 amide bonds. The van der Waals surface area contributed by atoms with E-state index in [4.69, 9.17) is 0 Å². The Morgan fingerprint density at radius 2 is 2.26 bits per heavy atom. The summed E-state index contributed by atoms with van der Waals surface area (Å²) in [5.41, 5.74) is 1.96. The Labute approximate surface area is 165 Å². The number of hydrogen-bond donors (Lipinski definition) is 2. The Bertz CT molecular complexity index is 953. The van der Waals surface area contributed by atoms with Gasteiger partial charge in [0.25, 0.3) is 0 Å². The zero-order chi connectivity index (χ0) is 18.8. The van der Waals surface area contributed by atoms with Crippen LogP contribution in [0.2, 0.25) is 0 Å². The topological polar surface area (TPSA) is 80.0 Å². The lowest BCUT2D eigenvalue weighted by Crippen LogP contribution is -2.28. The van der Waals surface area contributed by atoms with Crippen LogP contribution in [0.5, 0.6) is 5.75 Å². The fraction of sp³-hybridized carbons (Fsp3) is 0.316. The van der Waals surface area contributed by atoms with Crippen molar-refractivity contribution < 1.29 is 9.90 Å². The number of phenols is 1. The van der Waals surface area contributed by atoms with Crippen LogP contribution in [0.25, 0.3) is 10.7 Å². The largest absolute Gasteiger partial charge is 0.508 e. The van der Waals surface area contributed by atoms with Crippen molar-refractivity contribution in [1.29, 1.82) is 0 Å². The first kappa shape index (κ1) is 18.1. The smallest absolute Gasteiger partial charge is 0.230 e. The number of fused-ring (bicyclic) bond motifs is 1. The standard InChI is InChI=1S/C19H20N4O2S2/c1-2-23-18(16-7-4-10-26-16)21-22-19(23)27-11-17(25)20-14-9-8-13-12(14)5-3-6-15(13)24/h3-7,10,14,24H,2,8-9,11H2,1H3,(H,20,25). The van der Waals surface area contributed by atoms with Crippen LogP contribution in [0, 0.1) is 0 Å². The van der Waals surface area contributed by atoms with Crippen molar-refractivity contribution in [3.8, 4) is 16.5 Å². The number of carbonyl (C=O) groups is 1. The minimum Gasteiger partial charge on any atom is -0.508 e. The number of benzene rings is 1. The zero-order valence-electron chi connectivity index (χ0n) is 14.9. The van der Waals surface area contributed by atoms with Crippen molar-refractivity contribution in [1.82, 2.24) is 20.1 Å². The molecule has 0 radical (unpaired) electrons. The van der Waals surface area contributed by atoms with Crippen molar-refractivity contribution in [2.45, 2.75) is 37.5 Å². The first-order valence-corrected chi connectivity index (χ1v) is 10.7. The predicted molar refractivity (Wildman–Crippen MR) is 107 cm³/mol. The van der Waals surface area contributed by atoms with Crippen LogP contribution in [0.15, 0.2) is 40.9 Å². The van der Waals surface area contributed by atoms with Crippen molar-refractivity contribution in [3.63, 3.8) is 0 Å². The Kier molecular flexibility index (Phi) is 5.18. The summed E-state index contributed by atoms with van der Waals surface area (Å²) >= 11 is 3.03. The van der Waals surface area contributed by atoms with E-state index in [1.807, 2.05) is 41.1 Å². The van der Waals surface area contributed by atoms with Crippen LogP contribution in [-0.4, -0.2) is 31.5 Å². The molecule has 0 saturated heterocycles. The van der Waals surface area contributed by atoms with Gasteiger partial charge in [0.15, 0.2) is 11.0 Å². The van der Waals surface area contributed by atoms with Crippen LogP contribution in [0.3, 0.4) is 0 Å². The van der Waals surface area contributed by atoms with E-state index in [0.29, 0.717) is 5.75 Å². The number of thioether (sulfide) groups is 1. The summed E-state index contributed by atoms with van der Waals surface area (Å²) in [4.78, 5) is 13.5. The van der Waals surface area contributed by atoms with Crippen LogP contribution in [0.4, 0.5) is 0 Å². The Morgan fingerprint density at radius 3 is 3.04 bits per heavy atom. The minimum atomic E-state index is -0.0375. The molecule has 1 aliphatic rings. The molecule has 1 atom stereocenters. The van der Waals surface area contributed by atoms with Crippen molar-refractivity contribution in [3.05, 3.63) is 46.8 Å². The van der Waals surface area contributed by atoms with Crippen molar-refractivity contribution in [2.24, 2.45) is 0 Å². The van der Waals surface area contributed by atoms with E-state index in [9.17, 15) is 9.90 Å². The molecule has 1 unspecified atom stereocenters. The normalized spacial score (nSPS) is 15.7. The molecule has 6 nitrogen and oxygen atoms in total. The Morgan fingerprint density at radius 1 is 1.37 bits per heavy atom. The summed E-state index contributed by atoms with van der Waals surface area (Å²) in [7, 11) is 0. The third kappa shape index (κ3) is 3.59. The highest BCUT2D eigenvalue weighted by molar-refractivity contribution is 7.99. The lowest BCUT2D eigenvalue weighted by molar-refractivity contribution is -0.119. The highest BCUT2D eigenvalue weighted by Crippen LogP contribution is 2.36. The number of nitrogens with one attached hydrogen (secondary N) is 1. The molecule has 1 aliphatic carbocycles. The second kappa shape index (κ2) is 7.74. The lowest BCUT2D eigenvalue weighted by atomic mass is 10.1. The van der Waals surface area contributed by atoms with Gasteiger partial charge in [0.05, 0.1) is 16.7 Å². The molecule has 1 aromatic carbocycles. The van der Waals surface area contributed by atoms with Crippen molar-refractivity contribution >= 4 is 29.0 Å². The molecule has 3 aromatic rings.